The SMILES string of the molecule is CCC(CC(=O)O)Sc1ncnc2ccccc12. The first-order chi connectivity index (χ1) is 8.70. The Bertz CT molecular complexity index is 554. The van der Waals surface area contributed by atoms with Gasteiger partial charge in [-0.05, 0) is 12.5 Å². The highest BCUT2D eigenvalue weighted by Gasteiger charge is 2.15. The van der Waals surface area contributed by atoms with E-state index in [0.29, 0.717) is 0 Å². The summed E-state index contributed by atoms with van der Waals surface area (Å²) >= 11 is 1.51. The third-order valence-electron chi connectivity index (χ3n) is 2.64. The highest BCUT2D eigenvalue weighted by atomic mass is 32.2. The van der Waals surface area contributed by atoms with E-state index in [0.717, 1.165) is 22.3 Å². The van der Waals surface area contributed by atoms with E-state index in [4.69, 9.17) is 5.11 Å². The maximum atomic E-state index is 10.8. The Morgan fingerprint density at radius 3 is 2.89 bits per heavy atom. The summed E-state index contributed by atoms with van der Waals surface area (Å²) in [5, 5.41) is 10.7. The van der Waals surface area contributed by atoms with Gasteiger partial charge in [-0.25, -0.2) is 9.97 Å². The average molecular weight is 262 g/mol. The van der Waals surface area contributed by atoms with Gasteiger partial charge in [-0.1, -0.05) is 25.1 Å². The molecule has 0 radical (unpaired) electrons. The van der Waals surface area contributed by atoms with Crippen molar-refractivity contribution in [2.45, 2.75) is 30.0 Å². The molecule has 1 heterocycles. The van der Waals surface area contributed by atoms with Crippen molar-refractivity contribution in [1.29, 1.82) is 0 Å². The molecular formula is C13H14N2O2S. The first-order valence-electron chi connectivity index (χ1n) is 5.79. The highest BCUT2D eigenvalue weighted by molar-refractivity contribution is 8.00. The van der Waals surface area contributed by atoms with Gasteiger partial charge in [0.2, 0.25) is 0 Å². The summed E-state index contributed by atoms with van der Waals surface area (Å²) in [4.78, 5) is 19.2. The number of rotatable bonds is 5. The molecule has 4 nitrogen and oxygen atoms in total. The lowest BCUT2D eigenvalue weighted by molar-refractivity contribution is -0.136. The minimum atomic E-state index is -0.771. The molecule has 5 heteroatoms. The number of carbonyl (C=O) groups is 1. The number of benzene rings is 1. The van der Waals surface area contributed by atoms with Crippen LogP contribution in [0.2, 0.25) is 0 Å². The summed E-state index contributed by atoms with van der Waals surface area (Å²) in [5.41, 5.74) is 0.889. The van der Waals surface area contributed by atoms with E-state index in [1.54, 1.807) is 0 Å². The molecule has 0 fully saturated rings. The zero-order valence-electron chi connectivity index (χ0n) is 10.0. The van der Waals surface area contributed by atoms with Crippen LogP contribution in [0, 0.1) is 0 Å². The molecule has 0 aliphatic carbocycles. The molecule has 1 unspecified atom stereocenters. The van der Waals surface area contributed by atoms with Gasteiger partial charge in [-0.2, -0.15) is 0 Å². The highest BCUT2D eigenvalue weighted by Crippen LogP contribution is 2.30. The second-order valence-electron chi connectivity index (χ2n) is 3.94. The van der Waals surface area contributed by atoms with E-state index < -0.39 is 5.97 Å². The Kier molecular flexibility index (Phi) is 4.15. The Morgan fingerprint density at radius 1 is 1.39 bits per heavy atom. The average Bonchev–Trinajstić information content (AvgIpc) is 2.38. The second-order valence-corrected chi connectivity index (χ2v) is 5.23. The lowest BCUT2D eigenvalue weighted by Crippen LogP contribution is -2.09. The summed E-state index contributed by atoms with van der Waals surface area (Å²) < 4.78 is 0. The minimum absolute atomic E-state index is 0.0424. The van der Waals surface area contributed by atoms with Crippen molar-refractivity contribution >= 4 is 28.6 Å². The zero-order valence-corrected chi connectivity index (χ0v) is 10.9. The van der Waals surface area contributed by atoms with Crippen molar-refractivity contribution in [1.82, 2.24) is 9.97 Å². The molecule has 1 aromatic carbocycles. The van der Waals surface area contributed by atoms with Crippen LogP contribution in [0.15, 0.2) is 35.6 Å². The van der Waals surface area contributed by atoms with Crippen LogP contribution in [0.5, 0.6) is 0 Å². The number of carboxylic acids is 1. The summed E-state index contributed by atoms with van der Waals surface area (Å²) in [6.07, 6.45) is 2.48. The van der Waals surface area contributed by atoms with Gasteiger partial charge in [0, 0.05) is 10.6 Å². The molecule has 0 spiro atoms. The lowest BCUT2D eigenvalue weighted by atomic mass is 10.2. The van der Waals surface area contributed by atoms with E-state index in [-0.39, 0.29) is 11.7 Å². The van der Waals surface area contributed by atoms with E-state index in [2.05, 4.69) is 9.97 Å². The smallest absolute Gasteiger partial charge is 0.304 e. The monoisotopic (exact) mass is 262 g/mol. The van der Waals surface area contributed by atoms with E-state index >= 15 is 0 Å². The van der Waals surface area contributed by atoms with Crippen LogP contribution >= 0.6 is 11.8 Å². The number of para-hydroxylation sites is 1. The van der Waals surface area contributed by atoms with E-state index in [1.165, 1.54) is 18.1 Å². The zero-order chi connectivity index (χ0) is 13.0. The molecule has 0 bridgehead atoms. The van der Waals surface area contributed by atoms with Crippen LogP contribution in [0.25, 0.3) is 10.9 Å². The number of fused-ring (bicyclic) bond motifs is 1. The van der Waals surface area contributed by atoms with E-state index in [9.17, 15) is 4.79 Å². The van der Waals surface area contributed by atoms with Crippen LogP contribution in [0.4, 0.5) is 0 Å². The predicted octanol–water partition coefficient (Wildman–Crippen LogP) is 2.98. The topological polar surface area (TPSA) is 63.1 Å². The fourth-order valence-corrected chi connectivity index (χ4v) is 2.81. The van der Waals surface area contributed by atoms with Crippen LogP contribution in [-0.2, 0) is 4.79 Å². The first kappa shape index (κ1) is 12.8. The van der Waals surface area contributed by atoms with Gasteiger partial charge in [0.15, 0.2) is 0 Å². The number of nitrogens with zero attached hydrogens (tertiary/aromatic N) is 2. The summed E-state index contributed by atoms with van der Waals surface area (Å²) in [7, 11) is 0. The fourth-order valence-electron chi connectivity index (χ4n) is 1.70. The fraction of sp³-hybridized carbons (Fsp3) is 0.308. The molecule has 1 atom stereocenters. The molecule has 94 valence electrons. The minimum Gasteiger partial charge on any atom is -0.481 e. The van der Waals surface area contributed by atoms with Crippen molar-refractivity contribution in [3.05, 3.63) is 30.6 Å². The summed E-state index contributed by atoms with van der Waals surface area (Å²) in [5.74, 6) is -0.771. The second kappa shape index (κ2) is 5.82. The van der Waals surface area contributed by atoms with Crippen molar-refractivity contribution in [2.75, 3.05) is 0 Å². The molecule has 0 saturated heterocycles. The number of aliphatic carboxylic acids is 1. The van der Waals surface area contributed by atoms with Crippen LogP contribution in [0.1, 0.15) is 19.8 Å². The number of thioether (sulfide) groups is 1. The quantitative estimate of drug-likeness (QED) is 0.663. The Balaban J connectivity index is 2.27. The molecular weight excluding hydrogens is 248 g/mol. The maximum Gasteiger partial charge on any atom is 0.304 e. The standard InChI is InChI=1S/C13H14N2O2S/c1-2-9(7-12(16)17)18-13-10-5-3-4-6-11(10)14-8-15-13/h3-6,8-9H,2,7H2,1H3,(H,16,17). The molecule has 0 saturated carbocycles. The van der Waals surface area contributed by atoms with Crippen LogP contribution in [-0.4, -0.2) is 26.3 Å². The van der Waals surface area contributed by atoms with Gasteiger partial charge in [-0.15, -0.1) is 11.8 Å². The van der Waals surface area contributed by atoms with Gasteiger partial charge in [0.05, 0.1) is 11.9 Å². The Hall–Kier alpha value is -1.62. The molecule has 1 aromatic heterocycles. The third kappa shape index (κ3) is 2.98. The van der Waals surface area contributed by atoms with Crippen molar-refractivity contribution in [2.24, 2.45) is 0 Å². The Morgan fingerprint density at radius 2 is 2.17 bits per heavy atom. The van der Waals surface area contributed by atoms with Gasteiger partial charge in [-0.3, -0.25) is 4.79 Å². The lowest BCUT2D eigenvalue weighted by Gasteiger charge is -2.12. The Labute approximate surface area is 109 Å². The predicted molar refractivity (Wildman–Crippen MR) is 71.7 cm³/mol. The molecule has 1 N–H and O–H groups in total. The number of hydrogen-bond donors (Lipinski definition) is 1. The van der Waals surface area contributed by atoms with Gasteiger partial charge >= 0.3 is 5.97 Å². The normalized spacial score (nSPS) is 12.5. The van der Waals surface area contributed by atoms with Crippen LogP contribution < -0.4 is 0 Å². The van der Waals surface area contributed by atoms with Gasteiger partial charge in [0.1, 0.15) is 11.4 Å². The van der Waals surface area contributed by atoms with Crippen LogP contribution in [0.3, 0.4) is 0 Å². The van der Waals surface area contributed by atoms with Crippen molar-refractivity contribution in [3.63, 3.8) is 0 Å². The number of hydrogen-bond acceptors (Lipinski definition) is 4. The largest absolute Gasteiger partial charge is 0.481 e. The van der Waals surface area contributed by atoms with E-state index in [1.807, 2.05) is 31.2 Å². The van der Waals surface area contributed by atoms with Gasteiger partial charge < -0.3 is 5.11 Å². The molecule has 0 aliphatic rings. The van der Waals surface area contributed by atoms with Gasteiger partial charge in [0.25, 0.3) is 0 Å². The van der Waals surface area contributed by atoms with Crippen molar-refractivity contribution < 1.29 is 9.90 Å². The molecule has 2 rings (SSSR count). The number of carboxylic acid groups (broad SMARTS) is 1. The summed E-state index contributed by atoms with van der Waals surface area (Å²) in [6.45, 7) is 1.99. The molecule has 2 aromatic rings. The maximum absolute atomic E-state index is 10.8. The third-order valence-corrected chi connectivity index (χ3v) is 4.02. The number of aromatic nitrogens is 2. The first-order valence-corrected chi connectivity index (χ1v) is 6.67. The van der Waals surface area contributed by atoms with Crippen molar-refractivity contribution in [3.8, 4) is 0 Å². The molecule has 18 heavy (non-hydrogen) atoms. The molecule has 0 aliphatic heterocycles. The molecule has 0 amide bonds. The summed E-state index contributed by atoms with van der Waals surface area (Å²) in [6, 6.07) is 7.76.